The number of aromatic nitrogens is 2. The van der Waals surface area contributed by atoms with Crippen LogP contribution in [0.15, 0.2) is 57.9 Å². The van der Waals surface area contributed by atoms with Crippen LogP contribution in [0.4, 0.5) is 0 Å². The number of carbonyl (C=O) groups excluding carboxylic acids is 2. The number of ether oxygens (including phenoxy) is 2. The van der Waals surface area contributed by atoms with Crippen LogP contribution in [-0.4, -0.2) is 43.5 Å². The molecule has 1 heterocycles. The third-order valence-electron chi connectivity index (χ3n) is 4.23. The van der Waals surface area contributed by atoms with Gasteiger partial charge in [0.05, 0.1) is 17.1 Å². The summed E-state index contributed by atoms with van der Waals surface area (Å²) in [5, 5.41) is 3.86. The summed E-state index contributed by atoms with van der Waals surface area (Å²) in [5.74, 6) is -0.110. The molecule has 0 saturated heterocycles. The Morgan fingerprint density at radius 1 is 1.09 bits per heavy atom. The SMILES string of the molecule is CCOc1ccccc1-c1noc(COC(=O)CNS(=O)(=O)c2ccc(C(C)=O)cc2)n1. The molecule has 32 heavy (non-hydrogen) atoms. The molecule has 0 aliphatic rings. The van der Waals surface area contributed by atoms with E-state index in [1.807, 2.05) is 13.0 Å². The normalized spacial score (nSPS) is 11.2. The lowest BCUT2D eigenvalue weighted by atomic mass is 10.2. The van der Waals surface area contributed by atoms with Gasteiger partial charge in [0.2, 0.25) is 15.8 Å². The fraction of sp³-hybridized carbons (Fsp3) is 0.238. The van der Waals surface area contributed by atoms with Crippen LogP contribution in [0.5, 0.6) is 5.75 Å². The Morgan fingerprint density at radius 3 is 2.50 bits per heavy atom. The number of hydrogen-bond acceptors (Lipinski definition) is 9. The molecule has 0 fully saturated rings. The lowest BCUT2D eigenvalue weighted by molar-refractivity contribution is -0.144. The monoisotopic (exact) mass is 459 g/mol. The Labute approximate surface area is 184 Å². The standard InChI is InChI=1S/C21H21N3O7S/c1-3-29-18-7-5-4-6-17(18)21-23-19(31-24-21)13-30-20(26)12-22-32(27,28)16-10-8-15(9-11-16)14(2)25/h4-11,22H,3,12-13H2,1-2H3. The zero-order valence-corrected chi connectivity index (χ0v) is 18.2. The van der Waals surface area contributed by atoms with E-state index in [1.54, 1.807) is 18.2 Å². The van der Waals surface area contributed by atoms with Gasteiger partial charge in [-0.1, -0.05) is 29.4 Å². The molecule has 3 rings (SSSR count). The Kier molecular flexibility index (Phi) is 7.33. The fourth-order valence-electron chi connectivity index (χ4n) is 2.65. The van der Waals surface area contributed by atoms with Gasteiger partial charge in [-0.25, -0.2) is 8.42 Å². The van der Waals surface area contributed by atoms with Crippen molar-refractivity contribution in [1.82, 2.24) is 14.9 Å². The van der Waals surface area contributed by atoms with E-state index in [0.29, 0.717) is 23.5 Å². The molecule has 0 atom stereocenters. The number of ketones is 1. The molecule has 0 aliphatic heterocycles. The number of carbonyl (C=O) groups is 2. The number of nitrogens with zero attached hydrogens (tertiary/aromatic N) is 2. The first-order valence-corrected chi connectivity index (χ1v) is 11.1. The second-order valence-electron chi connectivity index (χ2n) is 6.51. The molecule has 0 radical (unpaired) electrons. The van der Waals surface area contributed by atoms with Crippen molar-refractivity contribution in [3.05, 3.63) is 60.0 Å². The molecular weight excluding hydrogens is 438 g/mol. The van der Waals surface area contributed by atoms with E-state index in [-0.39, 0.29) is 29.0 Å². The quantitative estimate of drug-likeness (QED) is 0.358. The summed E-state index contributed by atoms with van der Waals surface area (Å²) >= 11 is 0. The van der Waals surface area contributed by atoms with Gasteiger partial charge >= 0.3 is 5.97 Å². The van der Waals surface area contributed by atoms with E-state index in [2.05, 4.69) is 14.9 Å². The zero-order valence-electron chi connectivity index (χ0n) is 17.4. The number of hydrogen-bond donors (Lipinski definition) is 1. The molecule has 0 amide bonds. The third-order valence-corrected chi connectivity index (χ3v) is 5.65. The summed E-state index contributed by atoms with van der Waals surface area (Å²) < 4.78 is 42.3. The van der Waals surface area contributed by atoms with Gasteiger partial charge < -0.3 is 14.0 Å². The number of rotatable bonds is 10. The first-order chi connectivity index (χ1) is 15.3. The van der Waals surface area contributed by atoms with Gasteiger partial charge in [-0.2, -0.15) is 9.71 Å². The maximum absolute atomic E-state index is 12.3. The average Bonchev–Trinajstić information content (AvgIpc) is 3.26. The fourth-order valence-corrected chi connectivity index (χ4v) is 3.62. The van der Waals surface area contributed by atoms with Crippen LogP contribution >= 0.6 is 0 Å². The highest BCUT2D eigenvalue weighted by atomic mass is 32.2. The molecule has 0 bridgehead atoms. The summed E-state index contributed by atoms with van der Waals surface area (Å²) in [6.45, 7) is 2.79. The van der Waals surface area contributed by atoms with Crippen LogP contribution in [0.2, 0.25) is 0 Å². The van der Waals surface area contributed by atoms with Gasteiger partial charge in [-0.3, -0.25) is 9.59 Å². The minimum Gasteiger partial charge on any atom is -0.493 e. The zero-order chi connectivity index (χ0) is 23.1. The minimum atomic E-state index is -3.95. The first-order valence-electron chi connectivity index (χ1n) is 9.61. The minimum absolute atomic E-state index is 0.0438. The molecule has 2 aromatic carbocycles. The van der Waals surface area contributed by atoms with Gasteiger partial charge in [0, 0.05) is 5.56 Å². The van der Waals surface area contributed by atoms with Crippen LogP contribution < -0.4 is 9.46 Å². The largest absolute Gasteiger partial charge is 0.493 e. The maximum atomic E-state index is 12.3. The van der Waals surface area contributed by atoms with Crippen LogP contribution in [-0.2, 0) is 26.2 Å². The van der Waals surface area contributed by atoms with Crippen LogP contribution in [0.1, 0.15) is 30.1 Å². The van der Waals surface area contributed by atoms with Crippen LogP contribution in [0, 0.1) is 0 Å². The molecule has 1 N–H and O–H groups in total. The van der Waals surface area contributed by atoms with Crippen molar-refractivity contribution in [3.63, 3.8) is 0 Å². The summed E-state index contributed by atoms with van der Waals surface area (Å²) in [6, 6.07) is 12.5. The summed E-state index contributed by atoms with van der Waals surface area (Å²) in [4.78, 5) is 27.3. The van der Waals surface area contributed by atoms with Gasteiger partial charge in [0.25, 0.3) is 5.89 Å². The van der Waals surface area contributed by atoms with Crippen LogP contribution in [0.25, 0.3) is 11.4 Å². The van der Waals surface area contributed by atoms with E-state index in [1.165, 1.54) is 31.2 Å². The number of nitrogens with one attached hydrogen (secondary N) is 1. The van der Waals surface area contributed by atoms with Crippen molar-refractivity contribution in [2.45, 2.75) is 25.3 Å². The highest BCUT2D eigenvalue weighted by Crippen LogP contribution is 2.27. The van der Waals surface area contributed by atoms with Gasteiger partial charge in [-0.15, -0.1) is 0 Å². The molecule has 0 saturated carbocycles. The predicted octanol–water partition coefficient (Wildman–Crippen LogP) is 2.36. The van der Waals surface area contributed by atoms with E-state index in [0.717, 1.165) is 0 Å². The van der Waals surface area contributed by atoms with Crippen molar-refractivity contribution in [2.75, 3.05) is 13.2 Å². The molecule has 0 unspecified atom stereocenters. The van der Waals surface area contributed by atoms with Gasteiger partial charge in [0.15, 0.2) is 12.4 Å². The second-order valence-corrected chi connectivity index (χ2v) is 8.27. The van der Waals surface area contributed by atoms with E-state index in [4.69, 9.17) is 14.0 Å². The van der Waals surface area contributed by atoms with Crippen molar-refractivity contribution in [3.8, 4) is 17.1 Å². The van der Waals surface area contributed by atoms with Crippen LogP contribution in [0.3, 0.4) is 0 Å². The number of esters is 1. The average molecular weight is 459 g/mol. The molecular formula is C21H21N3O7S. The Bertz CT molecular complexity index is 1200. The number of Topliss-reactive ketones (excluding diaryl/α,β-unsaturated/α-hetero) is 1. The second kappa shape index (κ2) is 10.2. The lowest BCUT2D eigenvalue weighted by Crippen LogP contribution is -2.30. The van der Waals surface area contributed by atoms with Crippen molar-refractivity contribution < 1.29 is 32.0 Å². The van der Waals surface area contributed by atoms with Crippen molar-refractivity contribution in [1.29, 1.82) is 0 Å². The van der Waals surface area contributed by atoms with E-state index < -0.39 is 22.5 Å². The predicted molar refractivity (Wildman–Crippen MR) is 112 cm³/mol. The Balaban J connectivity index is 1.55. The molecule has 1 aromatic heterocycles. The highest BCUT2D eigenvalue weighted by molar-refractivity contribution is 7.89. The lowest BCUT2D eigenvalue weighted by Gasteiger charge is -2.07. The van der Waals surface area contributed by atoms with Crippen molar-refractivity contribution in [2.24, 2.45) is 0 Å². The third kappa shape index (κ3) is 5.77. The number of benzene rings is 2. The number of para-hydroxylation sites is 1. The summed E-state index contributed by atoms with van der Waals surface area (Å²) in [6.07, 6.45) is 0. The Hall–Kier alpha value is -3.57. The highest BCUT2D eigenvalue weighted by Gasteiger charge is 2.18. The Morgan fingerprint density at radius 2 is 1.81 bits per heavy atom. The van der Waals surface area contributed by atoms with Gasteiger partial charge in [0.1, 0.15) is 12.3 Å². The van der Waals surface area contributed by atoms with Crippen molar-refractivity contribution >= 4 is 21.8 Å². The smallest absolute Gasteiger partial charge is 0.321 e. The maximum Gasteiger partial charge on any atom is 0.321 e. The first kappa shape index (κ1) is 23.1. The summed E-state index contributed by atoms with van der Waals surface area (Å²) in [7, 11) is -3.95. The molecule has 0 aliphatic carbocycles. The van der Waals surface area contributed by atoms with Gasteiger partial charge in [-0.05, 0) is 38.1 Å². The molecule has 10 nitrogen and oxygen atoms in total. The topological polar surface area (TPSA) is 138 Å². The van der Waals surface area contributed by atoms with E-state index >= 15 is 0 Å². The number of sulfonamides is 1. The molecule has 3 aromatic rings. The molecule has 168 valence electrons. The summed E-state index contributed by atoms with van der Waals surface area (Å²) in [5.41, 5.74) is 1.00. The van der Waals surface area contributed by atoms with E-state index in [9.17, 15) is 18.0 Å². The molecule has 0 spiro atoms. The molecule has 11 heteroatoms.